The molecule has 0 bridgehead atoms. The standard InChI is InChI=1S/C18H11N5O2S2/c24-18(25)14-3-2-13(27-14)16-11(7-21-22-16)10-1-4-15-20-8-12(23(15)9-10)17-19-5-6-26-17/h1-9H,(H,21,22)(H,24,25). The minimum Gasteiger partial charge on any atom is -0.477 e. The molecule has 0 radical (unpaired) electrons. The number of carboxylic acids is 1. The predicted octanol–water partition coefficient (Wildman–Crippen LogP) is 4.27. The number of hydrogen-bond donors (Lipinski definition) is 2. The maximum Gasteiger partial charge on any atom is 0.345 e. The SMILES string of the molecule is O=C(O)c1ccc(-c2[nH]ncc2-c2ccc3ncc(-c4nccs4)n3c2)s1. The Bertz CT molecular complexity index is 1270. The van der Waals surface area contributed by atoms with Gasteiger partial charge in [-0.15, -0.1) is 22.7 Å². The maximum atomic E-state index is 11.2. The van der Waals surface area contributed by atoms with E-state index >= 15 is 0 Å². The van der Waals surface area contributed by atoms with Gasteiger partial charge >= 0.3 is 5.97 Å². The van der Waals surface area contributed by atoms with Crippen molar-refractivity contribution in [2.45, 2.75) is 0 Å². The first-order valence-corrected chi connectivity index (χ1v) is 9.64. The van der Waals surface area contributed by atoms with Crippen LogP contribution in [0.1, 0.15) is 9.67 Å². The van der Waals surface area contributed by atoms with Crippen LogP contribution >= 0.6 is 22.7 Å². The fraction of sp³-hybridized carbons (Fsp3) is 0. The number of imidazole rings is 1. The molecule has 0 saturated heterocycles. The van der Waals surface area contributed by atoms with E-state index in [1.54, 1.807) is 35.9 Å². The minimum absolute atomic E-state index is 0.293. The highest BCUT2D eigenvalue weighted by atomic mass is 32.1. The van der Waals surface area contributed by atoms with Gasteiger partial charge in [-0.2, -0.15) is 5.10 Å². The summed E-state index contributed by atoms with van der Waals surface area (Å²) in [6.07, 6.45) is 7.33. The molecule has 9 heteroatoms. The lowest BCUT2D eigenvalue weighted by atomic mass is 10.1. The van der Waals surface area contributed by atoms with Crippen LogP contribution in [0.3, 0.4) is 0 Å². The van der Waals surface area contributed by atoms with Crippen LogP contribution in [0, 0.1) is 0 Å². The molecule has 2 N–H and O–H groups in total. The summed E-state index contributed by atoms with van der Waals surface area (Å²) in [5.41, 5.74) is 4.40. The number of nitrogens with one attached hydrogen (secondary N) is 1. The number of rotatable bonds is 4. The zero-order valence-corrected chi connectivity index (χ0v) is 15.3. The summed E-state index contributed by atoms with van der Waals surface area (Å²) in [5, 5.41) is 19.2. The fourth-order valence-corrected chi connectivity index (χ4v) is 4.43. The number of fused-ring (bicyclic) bond motifs is 1. The number of carbonyl (C=O) groups is 1. The number of aromatic amines is 1. The minimum atomic E-state index is -0.930. The summed E-state index contributed by atoms with van der Waals surface area (Å²) in [6.45, 7) is 0. The first-order chi connectivity index (χ1) is 13.2. The van der Waals surface area contributed by atoms with E-state index in [2.05, 4.69) is 20.2 Å². The van der Waals surface area contributed by atoms with Crippen LogP contribution in [-0.4, -0.2) is 35.6 Å². The highest BCUT2D eigenvalue weighted by molar-refractivity contribution is 7.17. The van der Waals surface area contributed by atoms with Gasteiger partial charge in [-0.25, -0.2) is 14.8 Å². The van der Waals surface area contributed by atoms with Crippen molar-refractivity contribution in [2.24, 2.45) is 0 Å². The molecule has 0 aliphatic rings. The topological polar surface area (TPSA) is 96.2 Å². The molecule has 0 saturated carbocycles. The molecule has 5 aromatic rings. The Hall–Kier alpha value is -3.30. The quantitative estimate of drug-likeness (QED) is 0.475. The smallest absolute Gasteiger partial charge is 0.345 e. The van der Waals surface area contributed by atoms with Gasteiger partial charge in [-0.3, -0.25) is 9.50 Å². The molecule has 0 aliphatic carbocycles. The molecule has 7 nitrogen and oxygen atoms in total. The Morgan fingerprint density at radius 3 is 2.85 bits per heavy atom. The van der Waals surface area contributed by atoms with Crippen molar-refractivity contribution >= 4 is 34.3 Å². The maximum absolute atomic E-state index is 11.2. The number of pyridine rings is 1. The van der Waals surface area contributed by atoms with Gasteiger partial charge < -0.3 is 5.11 Å². The molecular weight excluding hydrogens is 382 g/mol. The van der Waals surface area contributed by atoms with E-state index in [9.17, 15) is 4.79 Å². The third-order valence-corrected chi connectivity index (χ3v) is 6.06. The largest absolute Gasteiger partial charge is 0.477 e. The lowest BCUT2D eigenvalue weighted by Gasteiger charge is -2.04. The average molecular weight is 393 g/mol. The number of aromatic nitrogens is 5. The van der Waals surface area contributed by atoms with Crippen molar-refractivity contribution in [3.05, 3.63) is 59.3 Å². The molecule has 0 atom stereocenters. The van der Waals surface area contributed by atoms with E-state index < -0.39 is 5.97 Å². The summed E-state index contributed by atoms with van der Waals surface area (Å²) in [7, 11) is 0. The molecule has 0 aliphatic heterocycles. The summed E-state index contributed by atoms with van der Waals surface area (Å²) < 4.78 is 2.00. The molecule has 0 fully saturated rings. The number of aromatic carboxylic acids is 1. The summed E-state index contributed by atoms with van der Waals surface area (Å²) in [5.74, 6) is -0.930. The van der Waals surface area contributed by atoms with Crippen LogP contribution < -0.4 is 0 Å². The number of carboxylic acid groups (broad SMARTS) is 1. The molecule has 132 valence electrons. The predicted molar refractivity (Wildman–Crippen MR) is 104 cm³/mol. The second-order valence-electron chi connectivity index (χ2n) is 5.75. The highest BCUT2D eigenvalue weighted by Gasteiger charge is 2.16. The van der Waals surface area contributed by atoms with Crippen molar-refractivity contribution in [1.29, 1.82) is 0 Å². The third-order valence-electron chi connectivity index (χ3n) is 4.17. The van der Waals surface area contributed by atoms with Crippen molar-refractivity contribution < 1.29 is 9.90 Å². The van der Waals surface area contributed by atoms with Crippen LogP contribution in [0.2, 0.25) is 0 Å². The molecule has 27 heavy (non-hydrogen) atoms. The van der Waals surface area contributed by atoms with Gasteiger partial charge in [0, 0.05) is 28.9 Å². The summed E-state index contributed by atoms with van der Waals surface area (Å²) in [4.78, 5) is 21.1. The van der Waals surface area contributed by atoms with Crippen LogP contribution in [-0.2, 0) is 0 Å². The Labute approximate surface area is 160 Å². The van der Waals surface area contributed by atoms with Crippen molar-refractivity contribution in [2.75, 3.05) is 0 Å². The Morgan fingerprint density at radius 1 is 1.15 bits per heavy atom. The lowest BCUT2D eigenvalue weighted by molar-refractivity contribution is 0.0702. The molecule has 0 amide bonds. The molecule has 5 heterocycles. The molecule has 5 rings (SSSR count). The van der Waals surface area contributed by atoms with E-state index in [0.717, 1.165) is 38.0 Å². The number of thiophene rings is 1. The number of nitrogens with zero attached hydrogens (tertiary/aromatic N) is 4. The van der Waals surface area contributed by atoms with E-state index in [0.29, 0.717) is 4.88 Å². The monoisotopic (exact) mass is 393 g/mol. The third kappa shape index (κ3) is 2.64. The molecule has 0 spiro atoms. The highest BCUT2D eigenvalue weighted by Crippen LogP contribution is 2.35. The van der Waals surface area contributed by atoms with Gasteiger partial charge in [-0.1, -0.05) is 0 Å². The van der Waals surface area contributed by atoms with E-state index in [4.69, 9.17) is 5.11 Å². The van der Waals surface area contributed by atoms with Crippen molar-refractivity contribution in [1.82, 2.24) is 24.6 Å². The average Bonchev–Trinajstić information content (AvgIpc) is 3.47. The lowest BCUT2D eigenvalue weighted by Crippen LogP contribution is -1.90. The molecule has 5 aromatic heterocycles. The number of H-pyrrole nitrogens is 1. The Balaban J connectivity index is 1.63. The van der Waals surface area contributed by atoms with Crippen LogP contribution in [0.4, 0.5) is 0 Å². The van der Waals surface area contributed by atoms with Crippen molar-refractivity contribution in [3.8, 4) is 32.4 Å². The van der Waals surface area contributed by atoms with Crippen molar-refractivity contribution in [3.63, 3.8) is 0 Å². The van der Waals surface area contributed by atoms with Gasteiger partial charge in [0.25, 0.3) is 0 Å². The second-order valence-corrected chi connectivity index (χ2v) is 7.73. The van der Waals surface area contributed by atoms with Crippen LogP contribution in [0.5, 0.6) is 0 Å². The van der Waals surface area contributed by atoms with Gasteiger partial charge in [-0.05, 0) is 24.3 Å². The summed E-state index contributed by atoms with van der Waals surface area (Å²) in [6, 6.07) is 7.32. The van der Waals surface area contributed by atoms with Crippen LogP contribution in [0.25, 0.3) is 38.0 Å². The Morgan fingerprint density at radius 2 is 2.07 bits per heavy atom. The van der Waals surface area contributed by atoms with Crippen LogP contribution in [0.15, 0.2) is 54.4 Å². The van der Waals surface area contributed by atoms with E-state index in [-0.39, 0.29) is 0 Å². The zero-order chi connectivity index (χ0) is 18.4. The normalized spacial score (nSPS) is 11.3. The first-order valence-electron chi connectivity index (χ1n) is 7.95. The fourth-order valence-electron chi connectivity index (χ4n) is 2.93. The van der Waals surface area contributed by atoms with Gasteiger partial charge in [0.05, 0.1) is 23.0 Å². The molecular formula is C18H11N5O2S2. The molecule has 0 unspecified atom stereocenters. The van der Waals surface area contributed by atoms with Gasteiger partial charge in [0.2, 0.25) is 0 Å². The molecule has 0 aromatic carbocycles. The summed E-state index contributed by atoms with van der Waals surface area (Å²) >= 11 is 2.78. The number of hydrogen-bond acceptors (Lipinski definition) is 6. The zero-order valence-electron chi connectivity index (χ0n) is 13.7. The Kier molecular flexibility index (Phi) is 3.62. The van der Waals surface area contributed by atoms with E-state index in [1.807, 2.05) is 34.3 Å². The van der Waals surface area contributed by atoms with E-state index in [1.165, 1.54) is 11.3 Å². The first kappa shape index (κ1) is 15.9. The van der Waals surface area contributed by atoms with Gasteiger partial charge in [0.15, 0.2) is 0 Å². The second kappa shape index (κ2) is 6.15. The van der Waals surface area contributed by atoms with Gasteiger partial charge in [0.1, 0.15) is 21.2 Å². The number of thiazole rings is 1.